The summed E-state index contributed by atoms with van der Waals surface area (Å²) in [5.41, 5.74) is 7.17. The topological polar surface area (TPSA) is 98.9 Å². The van der Waals surface area contributed by atoms with Crippen LogP contribution in [0.5, 0.6) is 0 Å². The molecule has 2 heterocycles. The Hall–Kier alpha value is -2.83. The first-order chi connectivity index (χ1) is 12.9. The molecule has 1 amide bonds. The molecule has 2 aliphatic heterocycles. The van der Waals surface area contributed by atoms with Crippen molar-refractivity contribution < 1.29 is 23.9 Å². The number of carbonyl (C=O) groups excluding carboxylic acids is 3. The van der Waals surface area contributed by atoms with E-state index in [9.17, 15) is 14.4 Å². The van der Waals surface area contributed by atoms with Crippen LogP contribution in [-0.4, -0.2) is 48.9 Å². The molecule has 0 radical (unpaired) electrons. The van der Waals surface area contributed by atoms with Gasteiger partial charge in [0.15, 0.2) is 5.78 Å². The fraction of sp³-hybridized carbons (Fsp3) is 0.450. The van der Waals surface area contributed by atoms with Crippen LogP contribution in [0.15, 0.2) is 36.1 Å². The number of nitrogens with zero attached hydrogens (tertiary/aromatic N) is 1. The van der Waals surface area contributed by atoms with Gasteiger partial charge in [0.2, 0.25) is 5.91 Å². The Morgan fingerprint density at radius 2 is 2.07 bits per heavy atom. The SMILES string of the molecule is COC(=O)C1=CO[C@@H](C)[C@H]2CN(CCC(=O)c3ccccc3N)C(=O)C[C@H]12. The molecule has 27 heavy (non-hydrogen) atoms. The minimum atomic E-state index is -0.465. The van der Waals surface area contributed by atoms with Crippen LogP contribution in [0, 0.1) is 11.8 Å². The fourth-order valence-electron chi connectivity index (χ4n) is 3.79. The van der Waals surface area contributed by atoms with E-state index in [0.717, 1.165) is 0 Å². The molecule has 3 atom stereocenters. The van der Waals surface area contributed by atoms with Crippen LogP contribution in [-0.2, 0) is 19.1 Å². The lowest BCUT2D eigenvalue weighted by atomic mass is 9.76. The number of nitrogen functional groups attached to an aromatic ring is 1. The van der Waals surface area contributed by atoms with E-state index in [2.05, 4.69) is 0 Å². The first-order valence-corrected chi connectivity index (χ1v) is 9.01. The lowest BCUT2D eigenvalue weighted by molar-refractivity contribution is -0.143. The van der Waals surface area contributed by atoms with Crippen LogP contribution < -0.4 is 5.73 Å². The maximum Gasteiger partial charge on any atom is 0.337 e. The van der Waals surface area contributed by atoms with E-state index in [1.165, 1.54) is 13.4 Å². The third kappa shape index (κ3) is 3.82. The van der Waals surface area contributed by atoms with Crippen molar-refractivity contribution in [3.05, 3.63) is 41.7 Å². The molecule has 0 aromatic heterocycles. The highest BCUT2D eigenvalue weighted by atomic mass is 16.5. The molecule has 144 valence electrons. The molecular weight excluding hydrogens is 348 g/mol. The molecule has 2 aliphatic rings. The van der Waals surface area contributed by atoms with Gasteiger partial charge in [0, 0.05) is 49.0 Å². The number of piperidine rings is 1. The van der Waals surface area contributed by atoms with E-state index < -0.39 is 5.97 Å². The summed E-state index contributed by atoms with van der Waals surface area (Å²) >= 11 is 0. The zero-order chi connectivity index (χ0) is 19.6. The van der Waals surface area contributed by atoms with Gasteiger partial charge in [0.25, 0.3) is 0 Å². The fourth-order valence-corrected chi connectivity index (χ4v) is 3.79. The Labute approximate surface area is 158 Å². The normalized spacial score (nSPS) is 24.5. The van der Waals surface area contributed by atoms with Crippen LogP contribution in [0.1, 0.15) is 30.1 Å². The number of benzene rings is 1. The summed E-state index contributed by atoms with van der Waals surface area (Å²) in [6.07, 6.45) is 1.70. The lowest BCUT2D eigenvalue weighted by Gasteiger charge is -2.43. The van der Waals surface area contributed by atoms with Gasteiger partial charge < -0.3 is 20.1 Å². The van der Waals surface area contributed by atoms with Gasteiger partial charge in [-0.05, 0) is 19.1 Å². The number of ketones is 1. The largest absolute Gasteiger partial charge is 0.497 e. The average molecular weight is 372 g/mol. The van der Waals surface area contributed by atoms with E-state index in [-0.39, 0.29) is 42.5 Å². The molecular formula is C20H24N2O5. The number of para-hydroxylation sites is 1. The highest BCUT2D eigenvalue weighted by molar-refractivity contribution is 6.01. The van der Waals surface area contributed by atoms with Crippen molar-refractivity contribution in [2.45, 2.75) is 25.9 Å². The number of carbonyl (C=O) groups is 3. The van der Waals surface area contributed by atoms with Crippen LogP contribution in [0.4, 0.5) is 5.69 Å². The summed E-state index contributed by atoms with van der Waals surface area (Å²) in [6, 6.07) is 6.92. The predicted octanol–water partition coefficient (Wildman–Crippen LogP) is 1.78. The lowest BCUT2D eigenvalue weighted by Crippen LogP contribution is -2.51. The summed E-state index contributed by atoms with van der Waals surface area (Å²) in [6.45, 7) is 2.68. The highest BCUT2D eigenvalue weighted by Crippen LogP contribution is 2.38. The van der Waals surface area contributed by atoms with Gasteiger partial charge >= 0.3 is 5.97 Å². The molecule has 0 bridgehead atoms. The van der Waals surface area contributed by atoms with E-state index in [4.69, 9.17) is 15.2 Å². The molecule has 1 aromatic carbocycles. The molecule has 7 nitrogen and oxygen atoms in total. The predicted molar refractivity (Wildman–Crippen MR) is 98.6 cm³/mol. The number of hydrogen-bond acceptors (Lipinski definition) is 6. The molecule has 1 saturated heterocycles. The van der Waals surface area contributed by atoms with Gasteiger partial charge in [-0.2, -0.15) is 0 Å². The maximum absolute atomic E-state index is 12.6. The Morgan fingerprint density at radius 3 is 2.78 bits per heavy atom. The van der Waals surface area contributed by atoms with Crippen molar-refractivity contribution in [2.24, 2.45) is 11.8 Å². The Balaban J connectivity index is 1.67. The second kappa shape index (κ2) is 7.82. The molecule has 2 N–H and O–H groups in total. The first-order valence-electron chi connectivity index (χ1n) is 9.01. The monoisotopic (exact) mass is 372 g/mol. The van der Waals surface area contributed by atoms with E-state index in [1.54, 1.807) is 29.2 Å². The number of anilines is 1. The number of methoxy groups -OCH3 is 1. The van der Waals surface area contributed by atoms with Gasteiger partial charge in [-0.15, -0.1) is 0 Å². The second-order valence-electron chi connectivity index (χ2n) is 6.98. The average Bonchev–Trinajstić information content (AvgIpc) is 2.66. The molecule has 3 rings (SSSR count). The number of hydrogen-bond donors (Lipinski definition) is 1. The number of esters is 1. The molecule has 0 saturated carbocycles. The molecule has 0 spiro atoms. The molecule has 0 unspecified atom stereocenters. The summed E-state index contributed by atoms with van der Waals surface area (Å²) in [4.78, 5) is 38.7. The third-order valence-electron chi connectivity index (χ3n) is 5.40. The van der Waals surface area contributed by atoms with Gasteiger partial charge in [-0.1, -0.05) is 12.1 Å². The summed E-state index contributed by atoms with van der Waals surface area (Å²) in [7, 11) is 1.31. The van der Waals surface area contributed by atoms with Gasteiger partial charge in [0.1, 0.15) is 6.10 Å². The minimum absolute atomic E-state index is 0.0151. The maximum atomic E-state index is 12.6. The van der Waals surface area contributed by atoms with Gasteiger partial charge in [0.05, 0.1) is 18.9 Å². The Bertz CT molecular complexity index is 788. The van der Waals surface area contributed by atoms with E-state index in [0.29, 0.717) is 29.9 Å². The first kappa shape index (κ1) is 18.9. The second-order valence-corrected chi connectivity index (χ2v) is 6.98. The van der Waals surface area contributed by atoms with Crippen LogP contribution in [0.3, 0.4) is 0 Å². The molecule has 1 aromatic rings. The van der Waals surface area contributed by atoms with Crippen LogP contribution in [0.2, 0.25) is 0 Å². The van der Waals surface area contributed by atoms with Gasteiger partial charge in [-0.25, -0.2) is 4.79 Å². The quantitative estimate of drug-likeness (QED) is 0.481. The van der Waals surface area contributed by atoms with E-state index >= 15 is 0 Å². The van der Waals surface area contributed by atoms with Gasteiger partial charge in [-0.3, -0.25) is 9.59 Å². The van der Waals surface area contributed by atoms with Crippen molar-refractivity contribution in [3.8, 4) is 0 Å². The number of amides is 1. The summed E-state index contributed by atoms with van der Waals surface area (Å²) < 4.78 is 10.4. The van der Waals surface area contributed by atoms with Crippen molar-refractivity contribution in [1.82, 2.24) is 4.90 Å². The molecule has 0 aliphatic carbocycles. The molecule has 1 fully saturated rings. The number of rotatable bonds is 5. The third-order valence-corrected chi connectivity index (χ3v) is 5.40. The summed E-state index contributed by atoms with van der Waals surface area (Å²) in [5.74, 6) is -0.864. The van der Waals surface area contributed by atoms with Crippen molar-refractivity contribution in [3.63, 3.8) is 0 Å². The number of Topliss-reactive ketones (excluding diaryl/α,β-unsaturated/α-hetero) is 1. The standard InChI is InChI=1S/C20H24N2O5/c1-12-15-10-22(8-7-18(23)13-5-3-4-6-17(13)21)19(24)9-14(15)16(11-27-12)20(25)26-2/h3-6,11-12,14-15H,7-10,21H2,1-2H3/t12-,14-,15+/m0/s1. The Kier molecular flexibility index (Phi) is 5.48. The van der Waals surface area contributed by atoms with Crippen molar-refractivity contribution in [2.75, 3.05) is 25.9 Å². The van der Waals surface area contributed by atoms with Crippen molar-refractivity contribution >= 4 is 23.3 Å². The zero-order valence-electron chi connectivity index (χ0n) is 15.5. The Morgan fingerprint density at radius 1 is 1.33 bits per heavy atom. The number of likely N-dealkylation sites (tertiary alicyclic amines) is 1. The number of ether oxygens (including phenoxy) is 2. The van der Waals surface area contributed by atoms with E-state index in [1.807, 2.05) is 6.92 Å². The van der Waals surface area contributed by atoms with Crippen LogP contribution >= 0.6 is 0 Å². The minimum Gasteiger partial charge on any atom is -0.497 e. The smallest absolute Gasteiger partial charge is 0.337 e. The number of nitrogens with two attached hydrogens (primary N) is 1. The summed E-state index contributed by atoms with van der Waals surface area (Å²) in [5, 5.41) is 0. The molecule has 7 heteroatoms. The van der Waals surface area contributed by atoms with Crippen LogP contribution in [0.25, 0.3) is 0 Å². The number of fused-ring (bicyclic) bond motifs is 1. The van der Waals surface area contributed by atoms with Crippen molar-refractivity contribution in [1.29, 1.82) is 0 Å². The highest BCUT2D eigenvalue weighted by Gasteiger charge is 2.44. The zero-order valence-corrected chi connectivity index (χ0v) is 15.5.